The van der Waals surface area contributed by atoms with Crippen LogP contribution in [0, 0.1) is 0 Å². The Balaban J connectivity index is 2.03. The van der Waals surface area contributed by atoms with E-state index in [-0.39, 0.29) is 0 Å². The molecule has 1 heterocycles. The zero-order valence-corrected chi connectivity index (χ0v) is 11.7. The molecule has 0 aliphatic carbocycles. The first-order chi connectivity index (χ1) is 10.4. The molecule has 1 nitrogen and oxygen atoms in total. The molecule has 0 spiro atoms. The van der Waals surface area contributed by atoms with E-state index in [1.807, 2.05) is 6.07 Å². The quantitative estimate of drug-likeness (QED) is 0.439. The van der Waals surface area contributed by atoms with Crippen molar-refractivity contribution in [2.45, 2.75) is 0 Å². The standard InChI is InChI=1S/C20H15N/c1-15-17-11-5-7-13-19(17)21(16-9-3-2-4-10-16)20-14-8-6-12-18(15)20/h2-14H,1H2. The summed E-state index contributed by atoms with van der Waals surface area (Å²) in [6.07, 6.45) is 0. The van der Waals surface area contributed by atoms with Gasteiger partial charge in [0.2, 0.25) is 0 Å². The van der Waals surface area contributed by atoms with Crippen molar-refractivity contribution in [2.75, 3.05) is 4.90 Å². The van der Waals surface area contributed by atoms with E-state index < -0.39 is 0 Å². The van der Waals surface area contributed by atoms with Crippen molar-refractivity contribution in [2.24, 2.45) is 0 Å². The highest BCUT2D eigenvalue weighted by Crippen LogP contribution is 2.47. The van der Waals surface area contributed by atoms with Gasteiger partial charge in [-0.25, -0.2) is 0 Å². The Hall–Kier alpha value is -2.80. The van der Waals surface area contributed by atoms with Crippen LogP contribution in [-0.4, -0.2) is 0 Å². The minimum Gasteiger partial charge on any atom is -0.309 e. The molecule has 0 radical (unpaired) electrons. The maximum Gasteiger partial charge on any atom is 0.0540 e. The van der Waals surface area contributed by atoms with Crippen molar-refractivity contribution < 1.29 is 0 Å². The van der Waals surface area contributed by atoms with Crippen LogP contribution in [0.5, 0.6) is 0 Å². The molecular formula is C20H15N. The van der Waals surface area contributed by atoms with E-state index >= 15 is 0 Å². The SMILES string of the molecule is C=C1c2ccccc2N(c2ccccc2)c2ccccc21. The number of para-hydroxylation sites is 3. The fraction of sp³-hybridized carbons (Fsp3) is 0. The lowest BCUT2D eigenvalue weighted by Crippen LogP contribution is -2.17. The number of hydrogen-bond acceptors (Lipinski definition) is 1. The van der Waals surface area contributed by atoms with E-state index in [0.29, 0.717) is 0 Å². The van der Waals surface area contributed by atoms with Crippen molar-refractivity contribution in [1.29, 1.82) is 0 Å². The fourth-order valence-electron chi connectivity index (χ4n) is 2.98. The summed E-state index contributed by atoms with van der Waals surface area (Å²) < 4.78 is 0. The summed E-state index contributed by atoms with van der Waals surface area (Å²) >= 11 is 0. The molecule has 1 heteroatoms. The van der Waals surface area contributed by atoms with Crippen molar-refractivity contribution in [3.05, 3.63) is 96.6 Å². The van der Waals surface area contributed by atoms with Gasteiger partial charge in [-0.1, -0.05) is 61.2 Å². The van der Waals surface area contributed by atoms with E-state index in [9.17, 15) is 0 Å². The largest absolute Gasteiger partial charge is 0.309 e. The highest BCUT2D eigenvalue weighted by Gasteiger charge is 2.25. The number of nitrogens with zero attached hydrogens (tertiary/aromatic N) is 1. The Morgan fingerprint density at radius 3 is 1.62 bits per heavy atom. The second kappa shape index (κ2) is 4.64. The van der Waals surface area contributed by atoms with Gasteiger partial charge in [0.25, 0.3) is 0 Å². The Morgan fingerprint density at radius 1 is 0.571 bits per heavy atom. The van der Waals surface area contributed by atoms with Gasteiger partial charge in [0.05, 0.1) is 11.4 Å². The summed E-state index contributed by atoms with van der Waals surface area (Å²) in [6, 6.07) is 27.4. The maximum atomic E-state index is 4.30. The second-order valence-corrected chi connectivity index (χ2v) is 5.18. The summed E-state index contributed by atoms with van der Waals surface area (Å²) in [5.41, 5.74) is 7.03. The predicted molar refractivity (Wildman–Crippen MR) is 89.3 cm³/mol. The topological polar surface area (TPSA) is 3.24 Å². The minimum atomic E-state index is 1.09. The third kappa shape index (κ3) is 1.78. The van der Waals surface area contributed by atoms with Gasteiger partial charge in [-0.15, -0.1) is 0 Å². The zero-order valence-electron chi connectivity index (χ0n) is 11.7. The number of hydrogen-bond donors (Lipinski definition) is 0. The molecule has 4 rings (SSSR count). The first kappa shape index (κ1) is 12.0. The molecule has 0 N–H and O–H groups in total. The summed E-state index contributed by atoms with van der Waals surface area (Å²) in [5.74, 6) is 0. The lowest BCUT2D eigenvalue weighted by atomic mass is 9.91. The van der Waals surface area contributed by atoms with Gasteiger partial charge in [0.15, 0.2) is 0 Å². The van der Waals surface area contributed by atoms with E-state index in [1.165, 1.54) is 28.2 Å². The summed E-state index contributed by atoms with van der Waals surface area (Å²) in [4.78, 5) is 2.30. The van der Waals surface area contributed by atoms with Gasteiger partial charge in [-0.05, 0) is 29.8 Å². The maximum absolute atomic E-state index is 4.30. The van der Waals surface area contributed by atoms with Crippen LogP contribution in [0.4, 0.5) is 17.1 Å². The zero-order chi connectivity index (χ0) is 14.2. The van der Waals surface area contributed by atoms with E-state index in [2.05, 4.69) is 84.3 Å². The molecule has 0 bridgehead atoms. The van der Waals surface area contributed by atoms with Crippen molar-refractivity contribution in [3.63, 3.8) is 0 Å². The first-order valence-electron chi connectivity index (χ1n) is 7.09. The van der Waals surface area contributed by atoms with Gasteiger partial charge >= 0.3 is 0 Å². The molecule has 1 aliphatic heterocycles. The molecule has 0 amide bonds. The molecule has 0 aromatic heterocycles. The molecule has 0 saturated carbocycles. The van der Waals surface area contributed by atoms with Crippen LogP contribution < -0.4 is 4.90 Å². The minimum absolute atomic E-state index is 1.09. The van der Waals surface area contributed by atoms with Crippen LogP contribution >= 0.6 is 0 Å². The average Bonchev–Trinajstić information content (AvgIpc) is 2.56. The van der Waals surface area contributed by atoms with Crippen LogP contribution in [0.2, 0.25) is 0 Å². The molecule has 0 fully saturated rings. The molecule has 100 valence electrons. The van der Waals surface area contributed by atoms with Crippen molar-refractivity contribution in [1.82, 2.24) is 0 Å². The molecule has 21 heavy (non-hydrogen) atoms. The number of anilines is 3. The Labute approximate surface area is 124 Å². The highest BCUT2D eigenvalue weighted by molar-refractivity contribution is 6.00. The first-order valence-corrected chi connectivity index (χ1v) is 7.09. The average molecular weight is 269 g/mol. The van der Waals surface area contributed by atoms with Gasteiger partial charge in [-0.3, -0.25) is 0 Å². The normalized spacial score (nSPS) is 12.8. The second-order valence-electron chi connectivity index (χ2n) is 5.18. The van der Waals surface area contributed by atoms with Crippen LogP contribution in [0.3, 0.4) is 0 Å². The third-order valence-electron chi connectivity index (χ3n) is 3.95. The smallest absolute Gasteiger partial charge is 0.0540 e. The van der Waals surface area contributed by atoms with Gasteiger partial charge in [-0.2, -0.15) is 0 Å². The van der Waals surface area contributed by atoms with Gasteiger partial charge in [0.1, 0.15) is 0 Å². The van der Waals surface area contributed by atoms with E-state index in [0.717, 1.165) is 5.57 Å². The van der Waals surface area contributed by atoms with Crippen LogP contribution in [0.1, 0.15) is 11.1 Å². The molecule has 0 unspecified atom stereocenters. The van der Waals surface area contributed by atoms with Crippen LogP contribution in [0.15, 0.2) is 85.4 Å². The number of benzene rings is 3. The Kier molecular flexibility index (Phi) is 2.65. The van der Waals surface area contributed by atoms with Gasteiger partial charge < -0.3 is 4.90 Å². The molecular weight excluding hydrogens is 254 g/mol. The summed E-state index contributed by atoms with van der Waals surface area (Å²) in [5, 5.41) is 0. The van der Waals surface area contributed by atoms with Crippen LogP contribution in [-0.2, 0) is 0 Å². The number of fused-ring (bicyclic) bond motifs is 2. The number of rotatable bonds is 1. The fourth-order valence-corrected chi connectivity index (χ4v) is 2.98. The van der Waals surface area contributed by atoms with Gasteiger partial charge in [0, 0.05) is 16.8 Å². The van der Waals surface area contributed by atoms with Crippen LogP contribution in [0.25, 0.3) is 5.57 Å². The molecule has 3 aromatic carbocycles. The lowest BCUT2D eigenvalue weighted by Gasteiger charge is -2.34. The Bertz CT molecular complexity index is 769. The predicted octanol–water partition coefficient (Wildman–Crippen LogP) is 5.53. The molecule has 1 aliphatic rings. The van der Waals surface area contributed by atoms with E-state index in [1.54, 1.807) is 0 Å². The lowest BCUT2D eigenvalue weighted by molar-refractivity contribution is 1.24. The third-order valence-corrected chi connectivity index (χ3v) is 3.95. The summed E-state index contributed by atoms with van der Waals surface area (Å²) in [6.45, 7) is 4.30. The van der Waals surface area contributed by atoms with Crippen molar-refractivity contribution in [3.8, 4) is 0 Å². The highest BCUT2D eigenvalue weighted by atomic mass is 15.2. The monoisotopic (exact) mass is 269 g/mol. The summed E-state index contributed by atoms with van der Waals surface area (Å²) in [7, 11) is 0. The molecule has 3 aromatic rings. The van der Waals surface area contributed by atoms with E-state index in [4.69, 9.17) is 0 Å². The molecule has 0 atom stereocenters. The Morgan fingerprint density at radius 2 is 1.05 bits per heavy atom. The van der Waals surface area contributed by atoms with Crippen molar-refractivity contribution >= 4 is 22.6 Å². The molecule has 0 saturated heterocycles.